The second-order valence-corrected chi connectivity index (χ2v) is 9.99. The molecule has 0 aliphatic carbocycles. The number of amides is 1. The number of nitrogens with zero attached hydrogens (tertiary/aromatic N) is 4. The summed E-state index contributed by atoms with van der Waals surface area (Å²) in [6.45, 7) is 2.38. The van der Waals surface area contributed by atoms with Crippen LogP contribution in [0.1, 0.15) is 39.3 Å². The molecule has 0 spiro atoms. The predicted molar refractivity (Wildman–Crippen MR) is 143 cm³/mol. The van der Waals surface area contributed by atoms with E-state index in [-0.39, 0.29) is 18.6 Å². The molecule has 0 unspecified atom stereocenters. The molecule has 36 heavy (non-hydrogen) atoms. The first kappa shape index (κ1) is 26.4. The van der Waals surface area contributed by atoms with Crippen LogP contribution < -0.4 is 4.90 Å². The summed E-state index contributed by atoms with van der Waals surface area (Å²) in [6.07, 6.45) is 0.905. The number of anilines is 1. The van der Waals surface area contributed by atoms with E-state index in [1.54, 1.807) is 38.5 Å². The highest BCUT2D eigenvalue weighted by Gasteiger charge is 2.31. The van der Waals surface area contributed by atoms with Crippen molar-refractivity contribution in [2.24, 2.45) is 0 Å². The maximum Gasteiger partial charge on any atom is 0.253 e. The van der Waals surface area contributed by atoms with Gasteiger partial charge in [0.2, 0.25) is 0 Å². The van der Waals surface area contributed by atoms with E-state index in [0.717, 1.165) is 17.8 Å². The first-order chi connectivity index (χ1) is 17.3. The molecular weight excluding hydrogens is 499 g/mol. The molecule has 9 heteroatoms. The maximum atomic E-state index is 12.4. The fraction of sp³-hybridized carbons (Fsp3) is 0.333. The largest absolute Gasteiger partial charge is 0.390 e. The molecule has 1 aliphatic rings. The molecule has 2 heterocycles. The smallest absolute Gasteiger partial charge is 0.253 e. The second-order valence-electron chi connectivity index (χ2n) is 9.14. The van der Waals surface area contributed by atoms with Gasteiger partial charge in [-0.15, -0.1) is 0 Å². The Morgan fingerprint density at radius 3 is 2.47 bits per heavy atom. The zero-order chi connectivity index (χ0) is 25.8. The summed E-state index contributed by atoms with van der Waals surface area (Å²) in [5, 5.41) is 21.2. The number of β-amino-alcohol motifs (C(OH)–C–C–N with tert-alkyl or cyclic N) is 1. The van der Waals surface area contributed by atoms with Crippen LogP contribution in [0, 0.1) is 0 Å². The number of aliphatic hydroxyl groups is 2. The molecule has 2 aromatic carbocycles. The highest BCUT2D eigenvalue weighted by atomic mass is 35.5. The van der Waals surface area contributed by atoms with Gasteiger partial charge in [-0.05, 0) is 42.0 Å². The van der Waals surface area contributed by atoms with Crippen molar-refractivity contribution in [3.63, 3.8) is 0 Å². The van der Waals surface area contributed by atoms with Crippen LogP contribution in [-0.2, 0) is 6.61 Å². The van der Waals surface area contributed by atoms with Crippen LogP contribution in [0.4, 0.5) is 5.69 Å². The summed E-state index contributed by atoms with van der Waals surface area (Å²) in [7, 11) is 3.43. The Morgan fingerprint density at radius 2 is 1.86 bits per heavy atom. The average Bonchev–Trinajstić information content (AvgIpc) is 2.88. The Morgan fingerprint density at radius 1 is 1.11 bits per heavy atom. The molecule has 1 aromatic heterocycles. The highest BCUT2D eigenvalue weighted by molar-refractivity contribution is 6.33. The van der Waals surface area contributed by atoms with Gasteiger partial charge in [0.15, 0.2) is 0 Å². The van der Waals surface area contributed by atoms with Crippen LogP contribution in [0.15, 0.2) is 60.8 Å². The van der Waals surface area contributed by atoms with Crippen molar-refractivity contribution in [3.05, 3.63) is 93.2 Å². The summed E-state index contributed by atoms with van der Waals surface area (Å²) in [4.78, 5) is 22.6. The lowest BCUT2D eigenvalue weighted by Crippen LogP contribution is -2.49. The van der Waals surface area contributed by atoms with Crippen LogP contribution >= 0.6 is 23.2 Å². The van der Waals surface area contributed by atoms with E-state index in [1.165, 1.54) is 4.90 Å². The Balaban J connectivity index is 1.57. The van der Waals surface area contributed by atoms with Crippen molar-refractivity contribution in [2.45, 2.75) is 18.8 Å². The number of benzene rings is 2. The average molecular weight is 529 g/mol. The Kier molecular flexibility index (Phi) is 8.49. The van der Waals surface area contributed by atoms with E-state index in [2.05, 4.69) is 14.8 Å². The number of halogens is 2. The zero-order valence-corrected chi connectivity index (χ0v) is 21.8. The molecule has 3 aromatic rings. The number of pyridine rings is 1. The van der Waals surface area contributed by atoms with E-state index in [4.69, 9.17) is 23.2 Å². The van der Waals surface area contributed by atoms with Gasteiger partial charge < -0.3 is 20.0 Å². The predicted octanol–water partition coefficient (Wildman–Crippen LogP) is 4.18. The molecule has 1 amide bonds. The molecule has 0 saturated carbocycles. The molecule has 4 rings (SSSR count). The molecule has 1 aliphatic heterocycles. The third kappa shape index (κ3) is 5.99. The lowest BCUT2D eigenvalue weighted by atomic mass is 10.00. The summed E-state index contributed by atoms with van der Waals surface area (Å²) < 4.78 is 0. The van der Waals surface area contributed by atoms with Crippen LogP contribution in [0.5, 0.6) is 0 Å². The van der Waals surface area contributed by atoms with Crippen LogP contribution in [0.2, 0.25) is 10.0 Å². The van der Waals surface area contributed by atoms with Crippen LogP contribution in [0.25, 0.3) is 0 Å². The molecule has 2 atom stereocenters. The van der Waals surface area contributed by atoms with Gasteiger partial charge >= 0.3 is 0 Å². The minimum atomic E-state index is -0.706. The molecule has 0 bridgehead atoms. The number of aliphatic hydroxyl groups excluding tert-OH is 2. The molecule has 7 nitrogen and oxygen atoms in total. The fourth-order valence-corrected chi connectivity index (χ4v) is 4.89. The number of rotatable bonds is 7. The van der Waals surface area contributed by atoms with Crippen molar-refractivity contribution in [1.29, 1.82) is 0 Å². The lowest BCUT2D eigenvalue weighted by molar-refractivity contribution is 0.0827. The van der Waals surface area contributed by atoms with Gasteiger partial charge in [-0.3, -0.25) is 14.7 Å². The molecule has 190 valence electrons. The Bertz CT molecular complexity index is 1190. The van der Waals surface area contributed by atoms with Gasteiger partial charge in [0.1, 0.15) is 0 Å². The van der Waals surface area contributed by atoms with Crippen LogP contribution in [-0.4, -0.2) is 71.2 Å². The number of hydrogen-bond donors (Lipinski definition) is 2. The summed E-state index contributed by atoms with van der Waals surface area (Å²) >= 11 is 12.9. The van der Waals surface area contributed by atoms with Crippen molar-refractivity contribution >= 4 is 34.8 Å². The summed E-state index contributed by atoms with van der Waals surface area (Å²) in [6, 6.07) is 16.7. The molecule has 1 saturated heterocycles. The molecule has 2 N–H and O–H groups in total. The van der Waals surface area contributed by atoms with Gasteiger partial charge in [-0.1, -0.05) is 41.4 Å². The third-order valence-corrected chi connectivity index (χ3v) is 7.01. The number of piperazine rings is 1. The maximum absolute atomic E-state index is 12.4. The van der Waals surface area contributed by atoms with Crippen molar-refractivity contribution in [2.75, 3.05) is 45.2 Å². The number of hydrogen-bond acceptors (Lipinski definition) is 6. The van der Waals surface area contributed by atoms with E-state index in [9.17, 15) is 15.0 Å². The van der Waals surface area contributed by atoms with Crippen molar-refractivity contribution in [3.8, 4) is 0 Å². The van der Waals surface area contributed by atoms with Crippen molar-refractivity contribution in [1.82, 2.24) is 14.8 Å². The molecular formula is C27H30Cl2N4O3. The van der Waals surface area contributed by atoms with E-state index in [0.29, 0.717) is 46.5 Å². The first-order valence-corrected chi connectivity index (χ1v) is 12.5. The van der Waals surface area contributed by atoms with Gasteiger partial charge in [0.25, 0.3) is 5.91 Å². The zero-order valence-electron chi connectivity index (χ0n) is 20.3. The van der Waals surface area contributed by atoms with E-state index < -0.39 is 6.10 Å². The van der Waals surface area contributed by atoms with Gasteiger partial charge in [0, 0.05) is 62.6 Å². The SMILES string of the molecule is CN(C)C(=O)c1ccc(N2CCN(C[C@@H](O)c3ccc(CO)nc3)C[C@H]2c2ccc(Cl)cc2)c(Cl)c1. The standard InChI is InChI=1S/C27H30Cl2N4O3/c1-31(2)27(36)19-6-10-24(23(29)13-19)33-12-11-32(15-25(33)18-3-7-21(28)8-4-18)16-26(35)20-5-9-22(17-34)30-14-20/h3-10,13-14,25-26,34-35H,11-12,15-17H2,1-2H3/t25-,26+/m0/s1. The fourth-order valence-electron chi connectivity index (χ4n) is 4.47. The summed E-state index contributed by atoms with van der Waals surface area (Å²) in [5.41, 5.74) is 3.76. The van der Waals surface area contributed by atoms with E-state index >= 15 is 0 Å². The Labute approximate surface area is 221 Å². The Hall–Kier alpha value is -2.68. The van der Waals surface area contributed by atoms with Gasteiger partial charge in [-0.25, -0.2) is 0 Å². The van der Waals surface area contributed by atoms with Gasteiger partial charge in [0.05, 0.1) is 35.2 Å². The molecule has 0 radical (unpaired) electrons. The minimum absolute atomic E-state index is 0.0361. The topological polar surface area (TPSA) is 80.1 Å². The van der Waals surface area contributed by atoms with E-state index in [1.807, 2.05) is 36.4 Å². The number of aromatic nitrogens is 1. The van der Waals surface area contributed by atoms with Gasteiger partial charge in [-0.2, -0.15) is 0 Å². The minimum Gasteiger partial charge on any atom is -0.390 e. The second kappa shape index (κ2) is 11.6. The quantitative estimate of drug-likeness (QED) is 0.478. The van der Waals surface area contributed by atoms with Crippen LogP contribution in [0.3, 0.4) is 0 Å². The highest BCUT2D eigenvalue weighted by Crippen LogP contribution is 2.36. The summed E-state index contributed by atoms with van der Waals surface area (Å²) in [5.74, 6) is -0.0991. The lowest BCUT2D eigenvalue weighted by Gasteiger charge is -2.44. The normalized spacial score (nSPS) is 17.2. The monoisotopic (exact) mass is 528 g/mol. The first-order valence-electron chi connectivity index (χ1n) is 11.8. The number of carbonyl (C=O) groups is 1. The van der Waals surface area contributed by atoms with Crippen molar-refractivity contribution < 1.29 is 15.0 Å². The molecule has 1 fully saturated rings. The third-order valence-electron chi connectivity index (χ3n) is 6.46. The number of carbonyl (C=O) groups excluding carboxylic acids is 1.